The Morgan fingerprint density at radius 1 is 1.09 bits per heavy atom. The van der Waals surface area contributed by atoms with Crippen molar-refractivity contribution in [3.8, 4) is 0 Å². The fourth-order valence-electron chi connectivity index (χ4n) is 4.66. The van der Waals surface area contributed by atoms with Crippen molar-refractivity contribution in [1.82, 2.24) is 10.2 Å². The normalized spacial score (nSPS) is 17.1. The molecule has 0 aliphatic carbocycles. The predicted molar refractivity (Wildman–Crippen MR) is 165 cm³/mol. The van der Waals surface area contributed by atoms with Crippen LogP contribution in [-0.4, -0.2) is 98.9 Å². The van der Waals surface area contributed by atoms with Gasteiger partial charge in [0.25, 0.3) is 0 Å². The highest BCUT2D eigenvalue weighted by Gasteiger charge is 2.40. The van der Waals surface area contributed by atoms with E-state index in [1.54, 1.807) is 11.0 Å². The minimum atomic E-state index is -1.11. The van der Waals surface area contributed by atoms with Crippen LogP contribution in [0.15, 0.2) is 18.2 Å². The molecule has 2 amide bonds. The topological polar surface area (TPSA) is 211 Å². The molecule has 7 N–H and O–H groups in total. The monoisotopic (exact) mass is 640 g/mol. The fraction of sp³-hybridized carbons (Fsp3) is 0.645. The van der Waals surface area contributed by atoms with Gasteiger partial charge in [-0.2, -0.15) is 0 Å². The number of carbonyl (C=O) groups excluding carboxylic acids is 2. The summed E-state index contributed by atoms with van der Waals surface area (Å²) in [6.07, 6.45) is -1.50. The van der Waals surface area contributed by atoms with Gasteiger partial charge in [0.15, 0.2) is 0 Å². The minimum Gasteiger partial charge on any atom is -0.481 e. The van der Waals surface area contributed by atoms with Crippen molar-refractivity contribution >= 4 is 35.4 Å². The molecule has 1 heterocycles. The molecule has 254 valence electrons. The number of aryl methyl sites for hydroxylation is 1. The standard InChI is InChI=1S/C27H43FN4O5.C4H6O4/c1-16(2)19(24(35)30-14-26(4,5)25(36)37)11-22(33)20(29)12-31-13-23(34)32(15-27(31,6)7)21-10-18(28)9-8-17(21)3;5-3(6)1-2-4(7)8/h8-10,16,19-20,22,33H,11-15,29H2,1-7H3,(H,30,35)(H,36,37);1-2H2,(H,5,6)(H,7,8)/t19-,20-,22-;/m0./s1. The number of amides is 2. The summed E-state index contributed by atoms with van der Waals surface area (Å²) in [7, 11) is 0. The van der Waals surface area contributed by atoms with Gasteiger partial charge in [-0.15, -0.1) is 0 Å². The highest BCUT2D eigenvalue weighted by Crippen LogP contribution is 2.30. The summed E-state index contributed by atoms with van der Waals surface area (Å²) in [6, 6.07) is 3.65. The number of nitrogens with zero attached hydrogens (tertiary/aromatic N) is 2. The van der Waals surface area contributed by atoms with Crippen molar-refractivity contribution in [1.29, 1.82) is 0 Å². The molecule has 0 spiro atoms. The van der Waals surface area contributed by atoms with Gasteiger partial charge in [-0.25, -0.2) is 4.39 Å². The Bertz CT molecular complexity index is 1210. The van der Waals surface area contributed by atoms with Crippen molar-refractivity contribution < 1.29 is 48.8 Å². The van der Waals surface area contributed by atoms with Gasteiger partial charge >= 0.3 is 17.9 Å². The second kappa shape index (κ2) is 16.6. The molecule has 14 heteroatoms. The average Bonchev–Trinajstić information content (AvgIpc) is 2.92. The van der Waals surface area contributed by atoms with Crippen LogP contribution in [0, 0.1) is 30.0 Å². The quantitative estimate of drug-likeness (QED) is 0.173. The van der Waals surface area contributed by atoms with Crippen molar-refractivity contribution in [2.45, 2.75) is 85.4 Å². The molecule has 0 unspecified atom stereocenters. The van der Waals surface area contributed by atoms with Gasteiger partial charge in [0.05, 0.1) is 30.9 Å². The number of piperazine rings is 1. The van der Waals surface area contributed by atoms with E-state index in [0.29, 0.717) is 12.2 Å². The molecular formula is C31H49FN4O9. The Hall–Kier alpha value is -3.62. The van der Waals surface area contributed by atoms with E-state index in [9.17, 15) is 38.6 Å². The molecular weight excluding hydrogens is 591 g/mol. The van der Waals surface area contributed by atoms with Gasteiger partial charge in [0.2, 0.25) is 11.8 Å². The number of aliphatic hydroxyl groups excluding tert-OH is 1. The molecule has 1 aromatic carbocycles. The van der Waals surface area contributed by atoms with Gasteiger partial charge in [0.1, 0.15) is 5.82 Å². The number of rotatable bonds is 14. The van der Waals surface area contributed by atoms with Crippen molar-refractivity contribution in [2.24, 2.45) is 23.0 Å². The van der Waals surface area contributed by atoms with E-state index in [-0.39, 0.29) is 56.6 Å². The maximum atomic E-state index is 13.9. The SMILES string of the molecule is Cc1ccc(F)cc1N1CC(C)(C)N(C[C@H](N)[C@@H](O)C[C@H](C(=O)NCC(C)(C)C(=O)O)C(C)C)CC1=O.O=C(O)CCC(=O)O. The first-order valence-corrected chi connectivity index (χ1v) is 14.8. The van der Waals surface area contributed by atoms with Gasteiger partial charge in [0, 0.05) is 42.8 Å². The highest BCUT2D eigenvalue weighted by atomic mass is 19.1. The first kappa shape index (κ1) is 39.4. The van der Waals surface area contributed by atoms with Crippen molar-refractivity contribution in [3.05, 3.63) is 29.6 Å². The number of carboxylic acid groups (broad SMARTS) is 3. The zero-order valence-corrected chi connectivity index (χ0v) is 27.2. The second-order valence-corrected chi connectivity index (χ2v) is 13.1. The van der Waals surface area contributed by atoms with Crippen LogP contribution in [0.5, 0.6) is 0 Å². The van der Waals surface area contributed by atoms with Gasteiger partial charge in [-0.3, -0.25) is 28.9 Å². The molecule has 1 aliphatic rings. The molecule has 13 nitrogen and oxygen atoms in total. The van der Waals surface area contributed by atoms with E-state index in [0.717, 1.165) is 5.56 Å². The third kappa shape index (κ3) is 12.4. The van der Waals surface area contributed by atoms with E-state index >= 15 is 0 Å². The first-order valence-electron chi connectivity index (χ1n) is 14.8. The Morgan fingerprint density at radius 3 is 2.13 bits per heavy atom. The van der Waals surface area contributed by atoms with Crippen molar-refractivity contribution in [2.75, 3.05) is 31.1 Å². The third-order valence-corrected chi connectivity index (χ3v) is 7.89. The molecule has 1 fully saturated rings. The zero-order valence-electron chi connectivity index (χ0n) is 27.2. The lowest BCUT2D eigenvalue weighted by Gasteiger charge is -2.48. The summed E-state index contributed by atoms with van der Waals surface area (Å²) in [4.78, 5) is 60.0. The summed E-state index contributed by atoms with van der Waals surface area (Å²) in [5.41, 5.74) is 6.09. The third-order valence-electron chi connectivity index (χ3n) is 7.89. The lowest BCUT2D eigenvalue weighted by atomic mass is 9.86. The first-order chi connectivity index (χ1) is 20.6. The summed E-state index contributed by atoms with van der Waals surface area (Å²) >= 11 is 0. The number of halogens is 1. The molecule has 3 atom stereocenters. The molecule has 0 bridgehead atoms. The van der Waals surface area contributed by atoms with Crippen molar-refractivity contribution in [3.63, 3.8) is 0 Å². The maximum Gasteiger partial charge on any atom is 0.310 e. The van der Waals surface area contributed by atoms with Gasteiger partial charge in [-0.1, -0.05) is 19.9 Å². The number of benzene rings is 1. The molecule has 0 radical (unpaired) electrons. The second-order valence-electron chi connectivity index (χ2n) is 13.1. The van der Waals surface area contributed by atoms with Crippen LogP contribution in [0.4, 0.5) is 10.1 Å². The van der Waals surface area contributed by atoms with E-state index in [1.165, 1.54) is 26.0 Å². The molecule has 2 rings (SSSR count). The smallest absolute Gasteiger partial charge is 0.310 e. The average molecular weight is 641 g/mol. The Labute approximate surface area is 263 Å². The largest absolute Gasteiger partial charge is 0.481 e. The number of nitrogens with two attached hydrogens (primary N) is 1. The van der Waals surface area contributed by atoms with E-state index in [4.69, 9.17) is 15.9 Å². The number of anilines is 1. The lowest BCUT2D eigenvalue weighted by molar-refractivity contribution is -0.147. The number of carbonyl (C=O) groups is 5. The highest BCUT2D eigenvalue weighted by molar-refractivity contribution is 5.96. The summed E-state index contributed by atoms with van der Waals surface area (Å²) < 4.78 is 13.9. The van der Waals surface area contributed by atoms with Crippen LogP contribution in [0.2, 0.25) is 0 Å². The number of hydrogen-bond donors (Lipinski definition) is 6. The Morgan fingerprint density at radius 2 is 1.64 bits per heavy atom. The fourth-order valence-corrected chi connectivity index (χ4v) is 4.66. The molecule has 45 heavy (non-hydrogen) atoms. The van der Waals surface area contributed by atoms with E-state index in [2.05, 4.69) is 5.32 Å². The van der Waals surface area contributed by atoms with Crippen LogP contribution < -0.4 is 16.0 Å². The number of hydrogen-bond acceptors (Lipinski definition) is 8. The van der Waals surface area contributed by atoms with E-state index < -0.39 is 52.7 Å². The maximum absolute atomic E-state index is 13.9. The van der Waals surface area contributed by atoms with Crippen LogP contribution in [0.25, 0.3) is 0 Å². The van der Waals surface area contributed by atoms with E-state index in [1.807, 2.05) is 39.5 Å². The number of aliphatic carboxylic acids is 3. The Kier molecular flexibility index (Phi) is 14.6. The number of aliphatic hydroxyl groups is 1. The minimum absolute atomic E-state index is 0.0299. The lowest BCUT2D eigenvalue weighted by Crippen LogP contribution is -2.64. The zero-order chi connectivity index (χ0) is 34.9. The van der Waals surface area contributed by atoms with Crippen LogP contribution in [0.1, 0.15) is 66.4 Å². The van der Waals surface area contributed by atoms with Crippen LogP contribution >= 0.6 is 0 Å². The number of nitrogens with one attached hydrogen (secondary N) is 1. The number of carboxylic acids is 3. The predicted octanol–water partition coefficient (Wildman–Crippen LogP) is 2.07. The summed E-state index contributed by atoms with van der Waals surface area (Å²) in [6.45, 7) is 13.1. The molecule has 0 saturated carbocycles. The molecule has 1 aromatic rings. The summed E-state index contributed by atoms with van der Waals surface area (Å²) in [5.74, 6) is -4.76. The molecule has 1 saturated heterocycles. The van der Waals surface area contributed by atoms with Crippen LogP contribution in [0.3, 0.4) is 0 Å². The van der Waals surface area contributed by atoms with Crippen LogP contribution in [-0.2, 0) is 24.0 Å². The molecule has 0 aromatic heterocycles. The van der Waals surface area contributed by atoms with Gasteiger partial charge < -0.3 is 36.4 Å². The Balaban J connectivity index is 0.00000111. The summed E-state index contributed by atoms with van der Waals surface area (Å²) in [5, 5.41) is 38.7. The van der Waals surface area contributed by atoms with Gasteiger partial charge in [-0.05, 0) is 64.7 Å². The molecule has 1 aliphatic heterocycles.